The Morgan fingerprint density at radius 3 is 2.45 bits per heavy atom. The fourth-order valence-electron chi connectivity index (χ4n) is 4.91. The molecule has 0 unspecified atom stereocenters. The first-order chi connectivity index (χ1) is 19.1. The van der Waals surface area contributed by atoms with Crippen LogP contribution in [0, 0.1) is 10.1 Å². The fourth-order valence-corrected chi connectivity index (χ4v) is 4.91. The molecule has 204 valence electrons. The second kappa shape index (κ2) is 10.3. The van der Waals surface area contributed by atoms with Crippen LogP contribution in [0.2, 0.25) is 0 Å². The molecular formula is C28H22F3N5O4. The van der Waals surface area contributed by atoms with Gasteiger partial charge < -0.3 is 5.32 Å². The van der Waals surface area contributed by atoms with Gasteiger partial charge in [0.15, 0.2) is 0 Å². The van der Waals surface area contributed by atoms with Gasteiger partial charge in [0, 0.05) is 35.7 Å². The summed E-state index contributed by atoms with van der Waals surface area (Å²) < 4.78 is 41.4. The van der Waals surface area contributed by atoms with Crippen molar-refractivity contribution < 1.29 is 27.7 Å². The predicted molar refractivity (Wildman–Crippen MR) is 139 cm³/mol. The highest BCUT2D eigenvalue weighted by molar-refractivity contribution is 6.05. The third-order valence-corrected chi connectivity index (χ3v) is 6.72. The first-order valence-corrected chi connectivity index (χ1v) is 12.3. The van der Waals surface area contributed by atoms with Gasteiger partial charge in [0.2, 0.25) is 0 Å². The first-order valence-electron chi connectivity index (χ1n) is 12.3. The topological polar surface area (TPSA) is 110 Å². The molecule has 1 aliphatic heterocycles. The van der Waals surface area contributed by atoms with Gasteiger partial charge >= 0.3 is 6.18 Å². The van der Waals surface area contributed by atoms with Crippen molar-refractivity contribution in [2.45, 2.75) is 25.1 Å². The molecule has 0 aliphatic carbocycles. The molecule has 12 heteroatoms. The quantitative estimate of drug-likeness (QED) is 0.266. The van der Waals surface area contributed by atoms with E-state index in [9.17, 15) is 32.9 Å². The second-order valence-electron chi connectivity index (χ2n) is 9.11. The molecule has 4 aromatic rings. The number of aromatic nitrogens is 2. The van der Waals surface area contributed by atoms with E-state index in [-0.39, 0.29) is 17.8 Å². The smallest absolute Gasteiger partial charge is 0.339 e. The lowest BCUT2D eigenvalue weighted by Crippen LogP contribution is -2.55. The van der Waals surface area contributed by atoms with E-state index in [1.807, 2.05) is 6.07 Å². The summed E-state index contributed by atoms with van der Waals surface area (Å²) in [5.74, 6) is -1.92. The van der Waals surface area contributed by atoms with Crippen LogP contribution >= 0.6 is 0 Å². The van der Waals surface area contributed by atoms with Gasteiger partial charge in [-0.25, -0.2) is 4.68 Å². The van der Waals surface area contributed by atoms with E-state index >= 15 is 0 Å². The molecule has 9 nitrogen and oxygen atoms in total. The number of anilines is 1. The van der Waals surface area contributed by atoms with Gasteiger partial charge in [0.25, 0.3) is 17.5 Å². The molecular weight excluding hydrogens is 527 g/mol. The van der Waals surface area contributed by atoms with Crippen LogP contribution in [0.1, 0.15) is 39.9 Å². The van der Waals surface area contributed by atoms with Crippen molar-refractivity contribution in [1.82, 2.24) is 15.1 Å². The number of nitrogens with zero attached hydrogens (tertiary/aromatic N) is 4. The van der Waals surface area contributed by atoms with E-state index in [4.69, 9.17) is 0 Å². The van der Waals surface area contributed by atoms with Crippen LogP contribution in [0.5, 0.6) is 0 Å². The van der Waals surface area contributed by atoms with Crippen molar-refractivity contribution in [3.8, 4) is 5.69 Å². The molecule has 0 fully saturated rings. The molecule has 0 radical (unpaired) electrons. The van der Waals surface area contributed by atoms with Gasteiger partial charge in [0.1, 0.15) is 11.9 Å². The van der Waals surface area contributed by atoms with E-state index in [1.165, 1.54) is 35.4 Å². The van der Waals surface area contributed by atoms with E-state index in [0.29, 0.717) is 28.7 Å². The lowest BCUT2D eigenvalue weighted by Gasteiger charge is -2.38. The summed E-state index contributed by atoms with van der Waals surface area (Å²) in [7, 11) is 0. The molecule has 0 saturated carbocycles. The summed E-state index contributed by atoms with van der Waals surface area (Å²) in [5, 5.41) is 18.6. The number of amides is 2. The SMILES string of the molecule is CCN1C(=O)[C@@H](NC(=O)c2cccc(C(F)(F)F)c2)[C@H](c2cccc([N+](=O)[O-])c2)c2cnn(-c3ccccc3)c21. The molecule has 40 heavy (non-hydrogen) atoms. The Labute approximate surface area is 226 Å². The molecule has 1 aliphatic rings. The third-order valence-electron chi connectivity index (χ3n) is 6.72. The Morgan fingerprint density at radius 2 is 1.77 bits per heavy atom. The Bertz CT molecular complexity index is 1600. The minimum atomic E-state index is -4.66. The van der Waals surface area contributed by atoms with Gasteiger partial charge in [0.05, 0.1) is 22.4 Å². The monoisotopic (exact) mass is 549 g/mol. The number of hydrogen-bond acceptors (Lipinski definition) is 5. The Balaban J connectivity index is 1.64. The fraction of sp³-hybridized carbons (Fsp3) is 0.179. The van der Waals surface area contributed by atoms with Gasteiger partial charge in [-0.3, -0.25) is 24.6 Å². The number of rotatable bonds is 6. The number of nitro benzene ring substituents is 1. The molecule has 2 heterocycles. The summed E-state index contributed by atoms with van der Waals surface area (Å²) in [6.07, 6.45) is -3.13. The van der Waals surface area contributed by atoms with Crippen molar-refractivity contribution in [1.29, 1.82) is 0 Å². The zero-order valence-corrected chi connectivity index (χ0v) is 21.0. The number of carbonyl (C=O) groups excluding carboxylic acids is 2. The van der Waals surface area contributed by atoms with Crippen LogP contribution < -0.4 is 10.2 Å². The maximum Gasteiger partial charge on any atom is 0.416 e. The minimum Gasteiger partial charge on any atom is -0.339 e. The predicted octanol–water partition coefficient (Wildman–Crippen LogP) is 5.10. The molecule has 1 aromatic heterocycles. The maximum atomic E-state index is 14.0. The maximum absolute atomic E-state index is 14.0. The number of benzene rings is 3. The van der Waals surface area contributed by atoms with Crippen molar-refractivity contribution in [3.05, 3.63) is 117 Å². The summed E-state index contributed by atoms with van der Waals surface area (Å²) in [5.41, 5.74) is 0.0323. The van der Waals surface area contributed by atoms with Crippen LogP contribution in [0.15, 0.2) is 85.1 Å². The lowest BCUT2D eigenvalue weighted by molar-refractivity contribution is -0.384. The number of nitro groups is 1. The average molecular weight is 550 g/mol. The summed E-state index contributed by atoms with van der Waals surface area (Å²) in [6, 6.07) is 17.3. The Kier molecular flexibility index (Phi) is 6.84. The number of likely N-dealkylation sites (N-methyl/N-ethyl adjacent to an activating group) is 1. The van der Waals surface area contributed by atoms with Crippen LogP contribution in [-0.4, -0.2) is 39.1 Å². The highest BCUT2D eigenvalue weighted by Crippen LogP contribution is 2.42. The molecule has 3 aromatic carbocycles. The standard InChI is InChI=1S/C28H22F3N5O4/c1-2-34-26-22(16-32-35(26)20-11-4-3-5-12-20)23(17-8-7-13-21(15-17)36(39)40)24(27(34)38)33-25(37)18-9-6-10-19(14-18)28(29,30)31/h3-16,23-24H,2H2,1H3,(H,33,37)/t23-,24+/m1/s1. The van der Waals surface area contributed by atoms with Crippen LogP contribution in [0.25, 0.3) is 5.69 Å². The number of para-hydroxylation sites is 1. The number of hydrogen-bond donors (Lipinski definition) is 1. The third kappa shape index (κ3) is 4.79. The van der Waals surface area contributed by atoms with E-state index < -0.39 is 40.4 Å². The number of alkyl halides is 3. The zero-order chi connectivity index (χ0) is 28.6. The van der Waals surface area contributed by atoms with E-state index in [1.54, 1.807) is 41.9 Å². The summed E-state index contributed by atoms with van der Waals surface area (Å²) in [4.78, 5) is 39.6. The molecule has 2 amide bonds. The molecule has 0 saturated heterocycles. The van der Waals surface area contributed by atoms with Crippen LogP contribution in [0.4, 0.5) is 24.7 Å². The normalized spacial score (nSPS) is 16.9. The van der Waals surface area contributed by atoms with E-state index in [0.717, 1.165) is 12.1 Å². The van der Waals surface area contributed by atoms with Gasteiger partial charge in [-0.1, -0.05) is 36.4 Å². The summed E-state index contributed by atoms with van der Waals surface area (Å²) >= 11 is 0. The molecule has 1 N–H and O–H groups in total. The van der Waals surface area contributed by atoms with Crippen LogP contribution in [0.3, 0.4) is 0 Å². The van der Waals surface area contributed by atoms with Crippen LogP contribution in [-0.2, 0) is 11.0 Å². The van der Waals surface area contributed by atoms with Crippen molar-refractivity contribution in [3.63, 3.8) is 0 Å². The van der Waals surface area contributed by atoms with Gasteiger partial charge in [-0.15, -0.1) is 0 Å². The number of carbonyl (C=O) groups is 2. The first kappa shape index (κ1) is 26.6. The van der Waals surface area contributed by atoms with Crippen molar-refractivity contribution in [2.75, 3.05) is 11.4 Å². The molecule has 0 bridgehead atoms. The van der Waals surface area contributed by atoms with Gasteiger partial charge in [-0.2, -0.15) is 18.3 Å². The second-order valence-corrected chi connectivity index (χ2v) is 9.11. The highest BCUT2D eigenvalue weighted by Gasteiger charge is 2.44. The molecule has 5 rings (SSSR count). The Hall–Kier alpha value is -5.00. The van der Waals surface area contributed by atoms with Crippen molar-refractivity contribution in [2.24, 2.45) is 0 Å². The Morgan fingerprint density at radius 1 is 1.05 bits per heavy atom. The van der Waals surface area contributed by atoms with E-state index in [2.05, 4.69) is 10.4 Å². The van der Waals surface area contributed by atoms with Crippen molar-refractivity contribution >= 4 is 23.3 Å². The van der Waals surface area contributed by atoms with Gasteiger partial charge in [-0.05, 0) is 42.8 Å². The number of non-ortho nitro benzene ring substituents is 1. The number of nitrogens with one attached hydrogen (secondary N) is 1. The molecule has 0 spiro atoms. The lowest BCUT2D eigenvalue weighted by atomic mass is 9.82. The average Bonchev–Trinajstić information content (AvgIpc) is 3.38. The summed E-state index contributed by atoms with van der Waals surface area (Å²) in [6.45, 7) is 1.94. The zero-order valence-electron chi connectivity index (χ0n) is 21.0. The molecule has 2 atom stereocenters. The minimum absolute atomic E-state index is 0.196. The largest absolute Gasteiger partial charge is 0.416 e. The highest BCUT2D eigenvalue weighted by atomic mass is 19.4. The number of halogens is 3. The number of fused-ring (bicyclic) bond motifs is 1.